The van der Waals surface area contributed by atoms with Crippen LogP contribution in [0.5, 0.6) is 11.5 Å². The van der Waals surface area contributed by atoms with E-state index in [2.05, 4.69) is 6.58 Å². The number of hydrogen-bond acceptors (Lipinski definition) is 4. The van der Waals surface area contributed by atoms with Crippen molar-refractivity contribution in [2.75, 3.05) is 13.2 Å². The summed E-state index contributed by atoms with van der Waals surface area (Å²) in [6.07, 6.45) is 6.11. The van der Waals surface area contributed by atoms with Crippen molar-refractivity contribution < 1.29 is 19.4 Å². The maximum atomic E-state index is 13.2. The molecule has 146 valence electrons. The van der Waals surface area contributed by atoms with Gasteiger partial charge >= 0.3 is 0 Å². The normalized spacial score (nSPS) is 16.9. The molecule has 0 saturated carbocycles. The molecule has 0 radical (unpaired) electrons. The summed E-state index contributed by atoms with van der Waals surface area (Å²) in [5, 5.41) is 9.97. The Morgan fingerprint density at radius 2 is 2.00 bits per heavy atom. The quantitative estimate of drug-likeness (QED) is 0.760. The number of ether oxygens (including phenoxy) is 1. The zero-order valence-corrected chi connectivity index (χ0v) is 15.8. The highest BCUT2D eigenvalue weighted by Crippen LogP contribution is 2.29. The molecule has 28 heavy (non-hydrogen) atoms. The summed E-state index contributed by atoms with van der Waals surface area (Å²) in [5.41, 5.74) is 1.37. The average molecular weight is 379 g/mol. The molecule has 0 bridgehead atoms. The fourth-order valence-corrected chi connectivity index (χ4v) is 3.62. The van der Waals surface area contributed by atoms with Crippen LogP contribution in [0.1, 0.15) is 52.0 Å². The molecule has 2 aromatic carbocycles. The zero-order valence-electron chi connectivity index (χ0n) is 15.8. The molecule has 1 N–H and O–H groups in total. The number of benzene rings is 2. The van der Waals surface area contributed by atoms with E-state index in [4.69, 9.17) is 4.74 Å². The number of rotatable bonds is 6. The summed E-state index contributed by atoms with van der Waals surface area (Å²) in [5.74, 6) is 0.513. The number of nitrogens with zero attached hydrogens (tertiary/aromatic N) is 1. The Kier molecular flexibility index (Phi) is 6.48. The monoisotopic (exact) mass is 379 g/mol. The molecule has 0 aromatic heterocycles. The van der Waals surface area contributed by atoms with E-state index in [1.54, 1.807) is 48.5 Å². The van der Waals surface area contributed by atoms with Gasteiger partial charge in [0.1, 0.15) is 18.1 Å². The van der Waals surface area contributed by atoms with E-state index in [-0.39, 0.29) is 17.7 Å². The number of aromatic hydroxyl groups is 1. The highest BCUT2D eigenvalue weighted by atomic mass is 16.5. The van der Waals surface area contributed by atoms with E-state index >= 15 is 0 Å². The summed E-state index contributed by atoms with van der Waals surface area (Å²) >= 11 is 0. The maximum absolute atomic E-state index is 13.2. The summed E-state index contributed by atoms with van der Waals surface area (Å²) in [7, 11) is 0. The predicted molar refractivity (Wildman–Crippen MR) is 109 cm³/mol. The zero-order chi connectivity index (χ0) is 19.9. The van der Waals surface area contributed by atoms with Crippen molar-refractivity contribution in [3.8, 4) is 11.5 Å². The number of likely N-dealkylation sites (tertiary alicyclic amines) is 1. The fraction of sp³-hybridized carbons (Fsp3) is 0.304. The Morgan fingerprint density at radius 3 is 2.79 bits per heavy atom. The Hall–Kier alpha value is -3.08. The van der Waals surface area contributed by atoms with Crippen molar-refractivity contribution >= 4 is 18.3 Å². The van der Waals surface area contributed by atoms with Gasteiger partial charge in [0.25, 0.3) is 5.91 Å². The van der Waals surface area contributed by atoms with E-state index < -0.39 is 0 Å². The minimum Gasteiger partial charge on any atom is -0.507 e. The molecule has 5 nitrogen and oxygen atoms in total. The number of carbonyl (C=O) groups is 2. The van der Waals surface area contributed by atoms with Crippen LogP contribution in [0.4, 0.5) is 0 Å². The van der Waals surface area contributed by atoms with Gasteiger partial charge in [0.2, 0.25) is 0 Å². The fourth-order valence-electron chi connectivity index (χ4n) is 3.62. The van der Waals surface area contributed by atoms with Crippen LogP contribution in [0.25, 0.3) is 6.08 Å². The molecule has 1 atom stereocenters. The standard InChI is InChI=1S/C23H25NO4/c1-2-19-21(26)12-8-13-22(19)28-16-18-10-4-3-7-14-24(18)23(27)20-11-6-5-9-17(20)15-25/h2,5-6,8-9,11-13,15,18,26H,1,3-4,7,10,14,16H2/t18-/m0/s1. The number of carbonyl (C=O) groups excluding carboxylic acids is 2. The Labute approximate surface area is 165 Å². The lowest BCUT2D eigenvalue weighted by molar-refractivity contribution is 0.0617. The highest BCUT2D eigenvalue weighted by molar-refractivity contribution is 6.01. The molecule has 0 unspecified atom stereocenters. The number of amides is 1. The molecule has 1 amide bonds. The van der Waals surface area contributed by atoms with Crippen molar-refractivity contribution in [2.45, 2.75) is 31.7 Å². The number of hydrogen-bond donors (Lipinski definition) is 1. The van der Waals surface area contributed by atoms with Gasteiger partial charge in [0.05, 0.1) is 17.2 Å². The van der Waals surface area contributed by atoms with Crippen LogP contribution >= 0.6 is 0 Å². The first-order valence-corrected chi connectivity index (χ1v) is 9.58. The van der Waals surface area contributed by atoms with Gasteiger partial charge in [-0.25, -0.2) is 0 Å². The van der Waals surface area contributed by atoms with Crippen LogP contribution in [0.3, 0.4) is 0 Å². The molecule has 3 rings (SSSR count). The number of aldehydes is 1. The summed E-state index contributed by atoms with van der Waals surface area (Å²) in [6.45, 7) is 4.68. The molecule has 0 aliphatic carbocycles. The van der Waals surface area contributed by atoms with E-state index in [1.807, 2.05) is 4.90 Å². The first kappa shape index (κ1) is 19.7. The Balaban J connectivity index is 1.82. The SMILES string of the molecule is C=Cc1c(O)cccc1OC[C@@H]1CCCCCN1C(=O)c1ccccc1C=O. The van der Waals surface area contributed by atoms with Crippen molar-refractivity contribution in [2.24, 2.45) is 0 Å². The molecule has 1 heterocycles. The van der Waals surface area contributed by atoms with Gasteiger partial charge in [-0.05, 0) is 31.0 Å². The largest absolute Gasteiger partial charge is 0.507 e. The molecule has 1 saturated heterocycles. The Morgan fingerprint density at radius 1 is 1.18 bits per heavy atom. The summed E-state index contributed by atoms with van der Waals surface area (Å²) in [4.78, 5) is 26.4. The minimum atomic E-state index is -0.141. The van der Waals surface area contributed by atoms with E-state index in [0.29, 0.717) is 35.6 Å². The highest BCUT2D eigenvalue weighted by Gasteiger charge is 2.28. The molecular weight excluding hydrogens is 354 g/mol. The van der Waals surface area contributed by atoms with Crippen LogP contribution in [0, 0.1) is 0 Å². The smallest absolute Gasteiger partial charge is 0.254 e. The van der Waals surface area contributed by atoms with Crippen molar-refractivity contribution in [3.63, 3.8) is 0 Å². The van der Waals surface area contributed by atoms with Crippen LogP contribution in [-0.2, 0) is 0 Å². The second-order valence-corrected chi connectivity index (χ2v) is 6.91. The predicted octanol–water partition coefficient (Wildman–Crippen LogP) is 4.31. The number of phenols is 1. The molecule has 1 aliphatic rings. The van der Waals surface area contributed by atoms with Gasteiger partial charge in [-0.2, -0.15) is 0 Å². The van der Waals surface area contributed by atoms with Crippen LogP contribution in [-0.4, -0.2) is 41.4 Å². The van der Waals surface area contributed by atoms with Crippen LogP contribution < -0.4 is 4.74 Å². The van der Waals surface area contributed by atoms with Crippen LogP contribution in [0.2, 0.25) is 0 Å². The van der Waals surface area contributed by atoms with E-state index in [1.165, 1.54) is 0 Å². The number of phenolic OH excluding ortho intramolecular Hbond substituents is 1. The van der Waals surface area contributed by atoms with Crippen molar-refractivity contribution in [1.82, 2.24) is 4.90 Å². The molecule has 0 spiro atoms. The topological polar surface area (TPSA) is 66.8 Å². The van der Waals surface area contributed by atoms with Crippen LogP contribution in [0.15, 0.2) is 49.0 Å². The lowest BCUT2D eigenvalue weighted by Crippen LogP contribution is -2.43. The van der Waals surface area contributed by atoms with E-state index in [0.717, 1.165) is 32.0 Å². The summed E-state index contributed by atoms with van der Waals surface area (Å²) in [6, 6.07) is 11.9. The lowest BCUT2D eigenvalue weighted by atomic mass is 10.1. The molecule has 1 aliphatic heterocycles. The van der Waals surface area contributed by atoms with Crippen molar-refractivity contribution in [1.29, 1.82) is 0 Å². The molecule has 2 aromatic rings. The molecular formula is C23H25NO4. The molecule has 5 heteroatoms. The van der Waals surface area contributed by atoms with Gasteiger partial charge < -0.3 is 14.7 Å². The third-order valence-corrected chi connectivity index (χ3v) is 5.13. The first-order chi connectivity index (χ1) is 13.7. The van der Waals surface area contributed by atoms with E-state index in [9.17, 15) is 14.7 Å². The Bertz CT molecular complexity index is 861. The second-order valence-electron chi connectivity index (χ2n) is 6.91. The van der Waals surface area contributed by atoms with Gasteiger partial charge in [-0.15, -0.1) is 0 Å². The average Bonchev–Trinajstić information content (AvgIpc) is 2.97. The van der Waals surface area contributed by atoms with Crippen molar-refractivity contribution in [3.05, 3.63) is 65.7 Å². The lowest BCUT2D eigenvalue weighted by Gasteiger charge is -2.30. The first-order valence-electron chi connectivity index (χ1n) is 9.58. The third kappa shape index (κ3) is 4.25. The second kappa shape index (κ2) is 9.22. The van der Waals surface area contributed by atoms with Gasteiger partial charge in [0, 0.05) is 12.1 Å². The maximum Gasteiger partial charge on any atom is 0.254 e. The molecule has 1 fully saturated rings. The minimum absolute atomic E-state index is 0.102. The third-order valence-electron chi connectivity index (χ3n) is 5.13. The van der Waals surface area contributed by atoms with Gasteiger partial charge in [0.15, 0.2) is 6.29 Å². The van der Waals surface area contributed by atoms with Gasteiger partial charge in [-0.1, -0.05) is 49.8 Å². The van der Waals surface area contributed by atoms with Gasteiger partial charge in [-0.3, -0.25) is 9.59 Å². The summed E-state index contributed by atoms with van der Waals surface area (Å²) < 4.78 is 5.98.